The molecule has 35 heavy (non-hydrogen) atoms. The summed E-state index contributed by atoms with van der Waals surface area (Å²) in [5.41, 5.74) is 0.383. The first-order valence-electron chi connectivity index (χ1n) is 11.4. The Hall–Kier alpha value is -3.24. The average molecular weight is 486 g/mol. The van der Waals surface area contributed by atoms with E-state index in [-0.39, 0.29) is 17.2 Å². The number of pyridine rings is 2. The monoisotopic (exact) mass is 486 g/mol. The summed E-state index contributed by atoms with van der Waals surface area (Å²) < 4.78 is 49.0. The number of amides is 1. The number of hydrogen-bond donors (Lipinski definition) is 0. The molecule has 5 rings (SSSR count). The van der Waals surface area contributed by atoms with Crippen LogP contribution in [0.15, 0.2) is 48.7 Å². The minimum Gasteiger partial charge on any atom is -0.439 e. The predicted octanol–water partition coefficient (Wildman–Crippen LogP) is 4.24. The number of carbonyl (C=O) groups is 1. The normalized spacial score (nSPS) is 18.3. The Morgan fingerprint density at radius 3 is 2.49 bits per heavy atom. The Bertz CT molecular complexity index is 1220. The Morgan fingerprint density at radius 1 is 1.09 bits per heavy atom. The highest BCUT2D eigenvalue weighted by Gasteiger charge is 2.36. The molecule has 0 bridgehead atoms. The smallest absolute Gasteiger partial charge is 0.417 e. The van der Waals surface area contributed by atoms with Crippen LogP contribution in [0.4, 0.5) is 13.2 Å². The molecule has 0 aliphatic carbocycles. The van der Waals surface area contributed by atoms with E-state index < -0.39 is 11.7 Å². The number of fused-ring (bicyclic) bond motifs is 1. The summed E-state index contributed by atoms with van der Waals surface area (Å²) in [6.45, 7) is 7.76. The highest BCUT2D eigenvalue weighted by atomic mass is 19.4. The fourth-order valence-corrected chi connectivity index (χ4v) is 4.37. The van der Waals surface area contributed by atoms with Gasteiger partial charge >= 0.3 is 6.18 Å². The van der Waals surface area contributed by atoms with Gasteiger partial charge in [-0.15, -0.1) is 0 Å². The third-order valence-corrected chi connectivity index (χ3v) is 6.33. The summed E-state index contributed by atoms with van der Waals surface area (Å²) in [6, 6.07) is 10.6. The van der Waals surface area contributed by atoms with Gasteiger partial charge in [-0.05, 0) is 30.3 Å². The number of hydrogen-bond acceptors (Lipinski definition) is 6. The molecule has 2 aliphatic rings. The van der Waals surface area contributed by atoms with Crippen molar-refractivity contribution in [1.82, 2.24) is 19.8 Å². The maximum atomic E-state index is 13.0. The standard InChI is InChI=1S/C25H25F3N4O3/c1-24(15-34-16-24)14-31-8-10-32(11-9-31)23(33)21-5-2-17-12-19(4-6-20(17)30-21)35-22-7-3-18(13-29-22)25(26,27)28/h2-7,12-13H,8-11,14-16H2,1H3. The van der Waals surface area contributed by atoms with Crippen molar-refractivity contribution >= 4 is 16.8 Å². The van der Waals surface area contributed by atoms with E-state index >= 15 is 0 Å². The second kappa shape index (κ2) is 9.09. The van der Waals surface area contributed by atoms with Crippen LogP contribution in [0.25, 0.3) is 10.9 Å². The maximum absolute atomic E-state index is 13.0. The van der Waals surface area contributed by atoms with Gasteiger partial charge in [0.05, 0.1) is 24.3 Å². The van der Waals surface area contributed by atoms with Crippen molar-refractivity contribution in [3.05, 3.63) is 59.9 Å². The third kappa shape index (κ3) is 5.23. The SMILES string of the molecule is CC1(CN2CCN(C(=O)c3ccc4cc(Oc5ccc(C(F)(F)F)cn5)ccc4n3)CC2)COC1. The maximum Gasteiger partial charge on any atom is 0.417 e. The number of ether oxygens (including phenoxy) is 2. The van der Waals surface area contributed by atoms with E-state index in [2.05, 4.69) is 21.8 Å². The lowest BCUT2D eigenvalue weighted by Gasteiger charge is -2.44. The first-order chi connectivity index (χ1) is 16.7. The van der Waals surface area contributed by atoms with Gasteiger partial charge in [0.25, 0.3) is 5.91 Å². The van der Waals surface area contributed by atoms with Gasteiger partial charge in [0.2, 0.25) is 5.88 Å². The van der Waals surface area contributed by atoms with Crippen molar-refractivity contribution in [2.75, 3.05) is 45.9 Å². The van der Waals surface area contributed by atoms with Gasteiger partial charge < -0.3 is 14.4 Å². The number of halogens is 3. The van der Waals surface area contributed by atoms with E-state index in [0.29, 0.717) is 30.0 Å². The van der Waals surface area contributed by atoms with Crippen LogP contribution in [0.3, 0.4) is 0 Å². The number of carbonyl (C=O) groups excluding carboxylic acids is 1. The van der Waals surface area contributed by atoms with Gasteiger partial charge in [-0.2, -0.15) is 13.2 Å². The summed E-state index contributed by atoms with van der Waals surface area (Å²) in [7, 11) is 0. The first-order valence-corrected chi connectivity index (χ1v) is 11.4. The Morgan fingerprint density at radius 2 is 1.86 bits per heavy atom. The van der Waals surface area contributed by atoms with Crippen LogP contribution in [-0.4, -0.2) is 71.6 Å². The quantitative estimate of drug-likeness (QED) is 0.538. The molecule has 2 fully saturated rings. The average Bonchev–Trinajstić information content (AvgIpc) is 2.82. The van der Waals surface area contributed by atoms with Crippen molar-refractivity contribution in [3.63, 3.8) is 0 Å². The van der Waals surface area contributed by atoms with Gasteiger partial charge in [-0.3, -0.25) is 9.69 Å². The molecule has 184 valence electrons. The zero-order valence-electron chi connectivity index (χ0n) is 19.2. The summed E-state index contributed by atoms with van der Waals surface area (Å²) in [5.74, 6) is 0.362. The van der Waals surface area contributed by atoms with E-state index in [0.717, 1.165) is 50.5 Å². The highest BCUT2D eigenvalue weighted by Crippen LogP contribution is 2.31. The lowest BCUT2D eigenvalue weighted by Crippen LogP contribution is -2.55. The van der Waals surface area contributed by atoms with Crippen LogP contribution >= 0.6 is 0 Å². The zero-order chi connectivity index (χ0) is 24.6. The van der Waals surface area contributed by atoms with Gasteiger partial charge in [0.15, 0.2) is 0 Å². The molecule has 2 saturated heterocycles. The molecule has 0 radical (unpaired) electrons. The van der Waals surface area contributed by atoms with E-state index in [1.165, 1.54) is 6.07 Å². The van der Waals surface area contributed by atoms with Crippen molar-refractivity contribution in [2.24, 2.45) is 5.41 Å². The molecule has 0 atom stereocenters. The number of nitrogens with zero attached hydrogens (tertiary/aromatic N) is 4. The lowest BCUT2D eigenvalue weighted by atomic mass is 9.88. The molecule has 10 heteroatoms. The number of piperazine rings is 1. The summed E-state index contributed by atoms with van der Waals surface area (Å²) in [6.07, 6.45) is -3.72. The van der Waals surface area contributed by atoms with Gasteiger partial charge in [0.1, 0.15) is 11.4 Å². The summed E-state index contributed by atoms with van der Waals surface area (Å²) in [5, 5.41) is 0.742. The molecule has 1 aromatic carbocycles. The molecule has 0 N–H and O–H groups in total. The molecule has 7 nitrogen and oxygen atoms in total. The van der Waals surface area contributed by atoms with Crippen molar-refractivity contribution in [2.45, 2.75) is 13.1 Å². The van der Waals surface area contributed by atoms with E-state index in [1.54, 1.807) is 30.3 Å². The highest BCUT2D eigenvalue weighted by molar-refractivity contribution is 5.95. The Balaban J connectivity index is 1.22. The van der Waals surface area contributed by atoms with Crippen LogP contribution in [0.2, 0.25) is 0 Å². The molecule has 3 aromatic rings. The van der Waals surface area contributed by atoms with Crippen LogP contribution in [0.1, 0.15) is 23.0 Å². The Labute approximate surface area is 200 Å². The fourth-order valence-electron chi connectivity index (χ4n) is 4.37. The lowest BCUT2D eigenvalue weighted by molar-refractivity contribution is -0.137. The van der Waals surface area contributed by atoms with Crippen molar-refractivity contribution in [3.8, 4) is 11.6 Å². The molecular weight excluding hydrogens is 461 g/mol. The largest absolute Gasteiger partial charge is 0.439 e. The summed E-state index contributed by atoms with van der Waals surface area (Å²) in [4.78, 5) is 25.5. The Kier molecular flexibility index (Phi) is 6.10. The number of alkyl halides is 3. The number of benzene rings is 1. The van der Waals surface area contributed by atoms with E-state index in [9.17, 15) is 18.0 Å². The summed E-state index contributed by atoms with van der Waals surface area (Å²) >= 11 is 0. The van der Waals surface area contributed by atoms with E-state index in [4.69, 9.17) is 9.47 Å². The number of aromatic nitrogens is 2. The fraction of sp³-hybridized carbons (Fsp3) is 0.400. The minimum atomic E-state index is -4.45. The second-order valence-corrected chi connectivity index (χ2v) is 9.41. The predicted molar refractivity (Wildman–Crippen MR) is 122 cm³/mol. The molecular formula is C25H25F3N4O3. The molecule has 2 aliphatic heterocycles. The second-order valence-electron chi connectivity index (χ2n) is 9.41. The first kappa shape index (κ1) is 23.5. The molecule has 4 heterocycles. The molecule has 0 spiro atoms. The molecule has 0 saturated carbocycles. The van der Waals surface area contributed by atoms with Crippen molar-refractivity contribution in [1.29, 1.82) is 0 Å². The van der Waals surface area contributed by atoms with Crippen LogP contribution < -0.4 is 4.74 Å². The van der Waals surface area contributed by atoms with Crippen LogP contribution in [0, 0.1) is 5.41 Å². The molecule has 2 aromatic heterocycles. The number of rotatable bonds is 5. The van der Waals surface area contributed by atoms with Crippen molar-refractivity contribution < 1.29 is 27.4 Å². The molecule has 1 amide bonds. The minimum absolute atomic E-state index is 0.0510. The van der Waals surface area contributed by atoms with E-state index in [1.807, 2.05) is 4.90 Å². The topological polar surface area (TPSA) is 67.8 Å². The zero-order valence-corrected chi connectivity index (χ0v) is 19.2. The van der Waals surface area contributed by atoms with Gasteiger partial charge in [-0.25, -0.2) is 9.97 Å². The van der Waals surface area contributed by atoms with Gasteiger partial charge in [-0.1, -0.05) is 13.0 Å². The molecule has 0 unspecified atom stereocenters. The van der Waals surface area contributed by atoms with Crippen LogP contribution in [-0.2, 0) is 10.9 Å². The van der Waals surface area contributed by atoms with Gasteiger partial charge in [0, 0.05) is 55.8 Å². The van der Waals surface area contributed by atoms with Crippen LogP contribution in [0.5, 0.6) is 11.6 Å². The third-order valence-electron chi connectivity index (χ3n) is 6.33.